The lowest BCUT2D eigenvalue weighted by Crippen LogP contribution is -2.52. The van der Waals surface area contributed by atoms with Gasteiger partial charge in [-0.15, -0.1) is 6.58 Å². The largest absolute Gasteiger partial charge is 0.497 e. The molecule has 0 saturated carbocycles. The summed E-state index contributed by atoms with van der Waals surface area (Å²) >= 11 is 0. The summed E-state index contributed by atoms with van der Waals surface area (Å²) in [5.41, 5.74) is 4.08. The number of aliphatic hydroxyl groups excluding tert-OH is 2. The van der Waals surface area contributed by atoms with Crippen LogP contribution in [0.25, 0.3) is 0 Å². The van der Waals surface area contributed by atoms with E-state index in [0.717, 1.165) is 45.5 Å². The number of hydrogen-bond donors (Lipinski definition) is 3. The number of benzene rings is 4. The zero-order chi connectivity index (χ0) is 45.3. The number of carbonyl (C=O) groups excluding carboxylic acids is 3. The number of methoxy groups -OCH3 is 1. The number of unbranched alkanes of at least 4 members (excludes halogenated alkanes) is 1. The molecule has 0 bridgehead atoms. The van der Waals surface area contributed by atoms with E-state index >= 15 is 4.79 Å². The highest BCUT2D eigenvalue weighted by molar-refractivity contribution is 6.91. The van der Waals surface area contributed by atoms with E-state index in [1.165, 1.54) is 0 Å². The van der Waals surface area contributed by atoms with E-state index in [0.29, 0.717) is 55.9 Å². The van der Waals surface area contributed by atoms with E-state index in [4.69, 9.17) is 14.2 Å². The Bertz CT molecular complexity index is 2390. The third-order valence-electron chi connectivity index (χ3n) is 14.2. The third kappa shape index (κ3) is 7.95. The highest BCUT2D eigenvalue weighted by Crippen LogP contribution is 2.60. The van der Waals surface area contributed by atoms with Crippen LogP contribution in [0.5, 0.6) is 11.5 Å². The van der Waals surface area contributed by atoms with Gasteiger partial charge in [-0.3, -0.25) is 19.3 Å². The predicted octanol–water partition coefficient (Wildman–Crippen LogP) is 6.13. The standard InChI is InChI=1S/C51H62N4O8Si/c1-7-24-53-45-21-15-37(55-44-22-18-40(62-8-2)27-36(44)28-43(49(55)59)52-23-11-12-25-56)29-42(45)51(50(53)60)33(3)48(64(5,6)41-19-16-39(61-4)17-20-41)46(63-51)30-47(58)54-31-35-14-10-9-13-34(35)26-38(54)32-57/h7,9-10,13-22,27,29,33,38,43,46,48,52,56-57H,1,8,11-12,23-26,28,30-32H2,2-6H3/t33-,38+,43?,46+,48-,51+/m1/s1. The number of ether oxygens (including phenoxy) is 3. The van der Waals surface area contributed by atoms with Crippen LogP contribution in [0.2, 0.25) is 18.6 Å². The first kappa shape index (κ1) is 45.3. The smallest absolute Gasteiger partial charge is 0.264 e. The molecule has 8 rings (SSSR count). The maximum Gasteiger partial charge on any atom is 0.264 e. The van der Waals surface area contributed by atoms with Gasteiger partial charge in [0.2, 0.25) is 11.8 Å². The molecule has 4 aliphatic rings. The van der Waals surface area contributed by atoms with Gasteiger partial charge in [-0.25, -0.2) is 0 Å². The molecule has 4 aromatic carbocycles. The molecule has 64 heavy (non-hydrogen) atoms. The monoisotopic (exact) mass is 886 g/mol. The molecular formula is C51H62N4O8Si. The zero-order valence-corrected chi connectivity index (χ0v) is 38.7. The van der Waals surface area contributed by atoms with Crippen molar-refractivity contribution in [1.82, 2.24) is 10.2 Å². The Kier molecular flexibility index (Phi) is 13.2. The first-order chi connectivity index (χ1) is 30.9. The van der Waals surface area contributed by atoms with E-state index < -0.39 is 31.7 Å². The quantitative estimate of drug-likeness (QED) is 0.0689. The van der Waals surface area contributed by atoms with Crippen molar-refractivity contribution in [2.75, 3.05) is 49.8 Å². The molecule has 1 saturated heterocycles. The lowest BCUT2D eigenvalue weighted by atomic mass is 9.82. The molecule has 1 spiro atoms. The normalized spacial score (nSPS) is 23.9. The topological polar surface area (TPSA) is 141 Å². The minimum Gasteiger partial charge on any atom is -0.497 e. The SMILES string of the molecule is C=CCN1C(=O)[C@@]2(O[C@@H](CC(=O)N3Cc4ccccc4C[C@H]3CO)[C@H]([Si](C)(C)c3ccc(OC)cc3)[C@H]2C)c2cc(N3C(=O)C(NCCCCO)Cc4cc(OCC)ccc43)ccc21. The van der Waals surface area contributed by atoms with Gasteiger partial charge in [0.25, 0.3) is 5.91 Å². The summed E-state index contributed by atoms with van der Waals surface area (Å²) < 4.78 is 18.8. The Balaban J connectivity index is 1.23. The average Bonchev–Trinajstić information content (AvgIpc) is 3.73. The van der Waals surface area contributed by atoms with Crippen LogP contribution >= 0.6 is 0 Å². The van der Waals surface area contributed by atoms with Crippen LogP contribution in [0, 0.1) is 5.92 Å². The number of rotatable bonds is 16. The maximum atomic E-state index is 15.4. The van der Waals surface area contributed by atoms with Gasteiger partial charge in [0, 0.05) is 36.9 Å². The minimum absolute atomic E-state index is 0.0234. The number of amides is 3. The third-order valence-corrected chi connectivity index (χ3v) is 18.5. The second-order valence-electron chi connectivity index (χ2n) is 18.1. The molecule has 4 aliphatic heterocycles. The maximum absolute atomic E-state index is 15.4. The van der Waals surface area contributed by atoms with Crippen molar-refractivity contribution in [1.29, 1.82) is 0 Å². The molecule has 1 unspecified atom stereocenters. The molecule has 3 N–H and O–H groups in total. The first-order valence-electron chi connectivity index (χ1n) is 22.7. The van der Waals surface area contributed by atoms with Gasteiger partial charge >= 0.3 is 0 Å². The number of hydrogen-bond acceptors (Lipinski definition) is 9. The summed E-state index contributed by atoms with van der Waals surface area (Å²) in [6, 6.07) is 26.8. The lowest BCUT2D eigenvalue weighted by molar-refractivity contribution is -0.150. The van der Waals surface area contributed by atoms with Crippen LogP contribution in [-0.4, -0.2) is 99.1 Å². The van der Waals surface area contributed by atoms with Crippen molar-refractivity contribution in [3.05, 3.63) is 120 Å². The number of nitrogens with zero attached hydrogens (tertiary/aromatic N) is 3. The summed E-state index contributed by atoms with van der Waals surface area (Å²) in [5.74, 6) is 0.580. The van der Waals surface area contributed by atoms with Crippen LogP contribution in [0.1, 0.15) is 55.4 Å². The van der Waals surface area contributed by atoms with Gasteiger partial charge < -0.3 is 39.5 Å². The van der Waals surface area contributed by atoms with Crippen molar-refractivity contribution in [2.24, 2.45) is 5.92 Å². The Morgan fingerprint density at radius 2 is 1.69 bits per heavy atom. The van der Waals surface area contributed by atoms with Crippen molar-refractivity contribution >= 4 is 48.0 Å². The molecule has 0 aliphatic carbocycles. The number of fused-ring (bicyclic) bond motifs is 4. The fourth-order valence-corrected chi connectivity index (χ4v) is 15.0. The molecule has 6 atom stereocenters. The second-order valence-corrected chi connectivity index (χ2v) is 22.8. The Hall–Kier alpha value is -5.31. The molecule has 3 amide bonds. The predicted molar refractivity (Wildman–Crippen MR) is 251 cm³/mol. The van der Waals surface area contributed by atoms with Crippen molar-refractivity contribution in [2.45, 2.75) is 94.9 Å². The fraction of sp³-hybridized carbons (Fsp3) is 0.431. The van der Waals surface area contributed by atoms with Gasteiger partial charge in [-0.1, -0.05) is 67.7 Å². The van der Waals surface area contributed by atoms with Gasteiger partial charge in [-0.2, -0.15) is 0 Å². The first-order valence-corrected chi connectivity index (χ1v) is 25.8. The number of nitrogens with one attached hydrogen (secondary N) is 1. The summed E-state index contributed by atoms with van der Waals surface area (Å²) in [7, 11) is -0.985. The highest BCUT2D eigenvalue weighted by Gasteiger charge is 2.66. The van der Waals surface area contributed by atoms with Crippen LogP contribution < -0.4 is 29.8 Å². The lowest BCUT2D eigenvalue weighted by Gasteiger charge is -2.39. The van der Waals surface area contributed by atoms with Gasteiger partial charge in [-0.05, 0) is 110 Å². The van der Waals surface area contributed by atoms with Crippen molar-refractivity contribution < 1.29 is 38.8 Å². The van der Waals surface area contributed by atoms with Gasteiger partial charge in [0.15, 0.2) is 5.60 Å². The van der Waals surface area contributed by atoms with E-state index in [1.54, 1.807) is 27.9 Å². The van der Waals surface area contributed by atoms with Crippen molar-refractivity contribution in [3.63, 3.8) is 0 Å². The summed E-state index contributed by atoms with van der Waals surface area (Å²) in [6.45, 7) is 14.2. The second kappa shape index (κ2) is 18.7. The Morgan fingerprint density at radius 3 is 2.39 bits per heavy atom. The Labute approximate surface area is 377 Å². The molecule has 1 fully saturated rings. The van der Waals surface area contributed by atoms with Crippen LogP contribution in [0.4, 0.5) is 17.1 Å². The average molecular weight is 887 g/mol. The molecule has 0 radical (unpaired) electrons. The van der Waals surface area contributed by atoms with E-state index in [-0.39, 0.29) is 55.5 Å². The minimum atomic E-state index is -2.63. The molecule has 338 valence electrons. The van der Waals surface area contributed by atoms with Crippen LogP contribution in [0.3, 0.4) is 0 Å². The van der Waals surface area contributed by atoms with Crippen LogP contribution in [0.15, 0.2) is 97.6 Å². The van der Waals surface area contributed by atoms with E-state index in [2.05, 4.69) is 50.1 Å². The molecule has 13 heteroatoms. The Morgan fingerprint density at radius 1 is 0.953 bits per heavy atom. The molecule has 4 aromatic rings. The van der Waals surface area contributed by atoms with E-state index in [9.17, 15) is 19.8 Å². The number of aliphatic hydroxyl groups is 2. The van der Waals surface area contributed by atoms with Gasteiger partial charge in [0.05, 0.1) is 64.4 Å². The zero-order valence-electron chi connectivity index (χ0n) is 37.7. The summed E-state index contributed by atoms with van der Waals surface area (Å²) in [4.78, 5) is 50.2. The summed E-state index contributed by atoms with van der Waals surface area (Å²) in [6.07, 6.45) is 3.44. The van der Waals surface area contributed by atoms with Crippen molar-refractivity contribution in [3.8, 4) is 11.5 Å². The van der Waals surface area contributed by atoms with Crippen LogP contribution in [-0.2, 0) is 44.1 Å². The number of anilines is 3. The fourth-order valence-electron chi connectivity index (χ4n) is 11.0. The van der Waals surface area contributed by atoms with Gasteiger partial charge in [0.1, 0.15) is 11.5 Å². The number of carbonyl (C=O) groups is 3. The molecule has 4 heterocycles. The molecular weight excluding hydrogens is 825 g/mol. The summed E-state index contributed by atoms with van der Waals surface area (Å²) in [5, 5.41) is 24.6. The highest BCUT2D eigenvalue weighted by atomic mass is 28.3. The molecule has 0 aromatic heterocycles. The van der Waals surface area contributed by atoms with E-state index in [1.807, 2.05) is 73.7 Å². The molecule has 12 nitrogen and oxygen atoms in total.